The van der Waals surface area contributed by atoms with Crippen LogP contribution in [-0.2, 0) is 6.54 Å². The van der Waals surface area contributed by atoms with Crippen LogP contribution in [0.15, 0.2) is 18.2 Å². The number of rotatable bonds is 3. The highest BCUT2D eigenvalue weighted by Gasteiger charge is 2.11. The van der Waals surface area contributed by atoms with Crippen molar-refractivity contribution in [3.05, 3.63) is 29.6 Å². The fourth-order valence-corrected chi connectivity index (χ4v) is 0.901. The lowest BCUT2D eigenvalue weighted by Gasteiger charge is -2.07. The van der Waals surface area contributed by atoms with Gasteiger partial charge in [-0.3, -0.25) is 0 Å². The van der Waals surface area contributed by atoms with Gasteiger partial charge in [-0.1, -0.05) is 12.1 Å². The van der Waals surface area contributed by atoms with Crippen LogP contribution >= 0.6 is 0 Å². The molecule has 0 aliphatic heterocycles. The van der Waals surface area contributed by atoms with Gasteiger partial charge in [-0.2, -0.15) is 8.78 Å². The van der Waals surface area contributed by atoms with E-state index in [0.717, 1.165) is 6.07 Å². The standard InChI is InChI=1S/C8H8F3NO/c9-7-5(4-12)2-1-3-6(7)13-8(10)11/h1-3,8H,4,12H2. The highest BCUT2D eigenvalue weighted by molar-refractivity contribution is 5.30. The van der Waals surface area contributed by atoms with E-state index in [-0.39, 0.29) is 12.1 Å². The number of halogens is 3. The van der Waals surface area contributed by atoms with Crippen LogP contribution < -0.4 is 10.5 Å². The van der Waals surface area contributed by atoms with Crippen molar-refractivity contribution in [1.29, 1.82) is 0 Å². The van der Waals surface area contributed by atoms with Crippen molar-refractivity contribution < 1.29 is 17.9 Å². The normalized spacial score (nSPS) is 10.5. The third-order valence-corrected chi connectivity index (χ3v) is 1.48. The van der Waals surface area contributed by atoms with Crippen LogP contribution in [0.1, 0.15) is 5.56 Å². The molecule has 1 aromatic rings. The highest BCUT2D eigenvalue weighted by atomic mass is 19.3. The largest absolute Gasteiger partial charge is 0.432 e. The van der Waals surface area contributed by atoms with Crippen molar-refractivity contribution in [2.24, 2.45) is 5.73 Å². The first-order valence-corrected chi connectivity index (χ1v) is 3.57. The van der Waals surface area contributed by atoms with E-state index in [1.807, 2.05) is 0 Å². The van der Waals surface area contributed by atoms with Gasteiger partial charge >= 0.3 is 6.61 Å². The molecule has 0 aliphatic carbocycles. The van der Waals surface area contributed by atoms with Crippen molar-refractivity contribution in [1.82, 2.24) is 0 Å². The molecule has 0 aliphatic rings. The summed E-state index contributed by atoms with van der Waals surface area (Å²) in [6, 6.07) is 3.94. The second-order valence-electron chi connectivity index (χ2n) is 2.31. The van der Waals surface area contributed by atoms with Gasteiger partial charge in [0.2, 0.25) is 0 Å². The summed E-state index contributed by atoms with van der Waals surface area (Å²) in [4.78, 5) is 0. The molecule has 0 fully saturated rings. The van der Waals surface area contributed by atoms with E-state index >= 15 is 0 Å². The summed E-state index contributed by atoms with van der Waals surface area (Å²) in [6.45, 7) is -3.07. The number of benzene rings is 1. The van der Waals surface area contributed by atoms with Gasteiger partial charge in [0.05, 0.1) is 0 Å². The summed E-state index contributed by atoms with van der Waals surface area (Å²) >= 11 is 0. The monoisotopic (exact) mass is 191 g/mol. The van der Waals surface area contributed by atoms with E-state index in [9.17, 15) is 13.2 Å². The predicted molar refractivity (Wildman–Crippen MR) is 40.9 cm³/mol. The van der Waals surface area contributed by atoms with E-state index in [1.165, 1.54) is 12.1 Å². The molecule has 1 rings (SSSR count). The van der Waals surface area contributed by atoms with Gasteiger partial charge in [-0.15, -0.1) is 0 Å². The average molecular weight is 191 g/mol. The Bertz CT molecular complexity index is 291. The van der Waals surface area contributed by atoms with E-state index in [2.05, 4.69) is 4.74 Å². The second kappa shape index (κ2) is 4.13. The Morgan fingerprint density at radius 2 is 2.08 bits per heavy atom. The summed E-state index contributed by atoms with van der Waals surface area (Å²) in [5.41, 5.74) is 5.32. The minimum atomic E-state index is -3.03. The molecule has 0 heterocycles. The van der Waals surface area contributed by atoms with Crippen LogP contribution in [-0.4, -0.2) is 6.61 Å². The maximum atomic E-state index is 13.1. The van der Waals surface area contributed by atoms with Crippen LogP contribution in [0.5, 0.6) is 5.75 Å². The maximum Gasteiger partial charge on any atom is 0.387 e. The first kappa shape index (κ1) is 9.85. The first-order chi connectivity index (χ1) is 6.15. The summed E-state index contributed by atoms with van der Waals surface area (Å²) in [5, 5.41) is 0. The molecule has 0 bridgehead atoms. The Morgan fingerprint density at radius 1 is 1.38 bits per heavy atom. The van der Waals surface area contributed by atoms with Gasteiger partial charge in [-0.25, -0.2) is 4.39 Å². The van der Waals surface area contributed by atoms with Crippen LogP contribution in [0.25, 0.3) is 0 Å². The lowest BCUT2D eigenvalue weighted by atomic mass is 10.2. The van der Waals surface area contributed by atoms with E-state index < -0.39 is 18.2 Å². The molecule has 0 atom stereocenters. The molecule has 0 saturated heterocycles. The van der Waals surface area contributed by atoms with Crippen LogP contribution in [0.3, 0.4) is 0 Å². The highest BCUT2D eigenvalue weighted by Crippen LogP contribution is 2.21. The lowest BCUT2D eigenvalue weighted by molar-refractivity contribution is -0.0522. The Balaban J connectivity index is 2.94. The SMILES string of the molecule is NCc1cccc(OC(F)F)c1F. The van der Waals surface area contributed by atoms with E-state index in [1.54, 1.807) is 0 Å². The zero-order valence-electron chi connectivity index (χ0n) is 6.64. The summed E-state index contributed by atoms with van der Waals surface area (Å²) < 4.78 is 40.5. The Hall–Kier alpha value is -1.23. The molecule has 0 saturated carbocycles. The quantitative estimate of drug-likeness (QED) is 0.791. The molecule has 0 aromatic heterocycles. The summed E-state index contributed by atoms with van der Waals surface area (Å²) in [6.07, 6.45) is 0. The zero-order valence-corrected chi connectivity index (χ0v) is 6.64. The molecule has 2 N–H and O–H groups in total. The van der Waals surface area contributed by atoms with Gasteiger partial charge in [0.25, 0.3) is 0 Å². The lowest BCUT2D eigenvalue weighted by Crippen LogP contribution is -2.06. The number of nitrogens with two attached hydrogens (primary N) is 1. The van der Waals surface area contributed by atoms with Crippen molar-refractivity contribution in [3.8, 4) is 5.75 Å². The third-order valence-electron chi connectivity index (χ3n) is 1.48. The molecule has 0 amide bonds. The number of alkyl halides is 2. The zero-order chi connectivity index (χ0) is 9.84. The van der Waals surface area contributed by atoms with E-state index in [0.29, 0.717) is 0 Å². The molecule has 13 heavy (non-hydrogen) atoms. The van der Waals surface area contributed by atoms with Gasteiger partial charge in [0.1, 0.15) is 0 Å². The number of hydrogen-bond donors (Lipinski definition) is 1. The fourth-order valence-electron chi connectivity index (χ4n) is 0.901. The molecule has 2 nitrogen and oxygen atoms in total. The average Bonchev–Trinajstić information content (AvgIpc) is 2.08. The number of ether oxygens (including phenoxy) is 1. The van der Waals surface area contributed by atoms with Crippen molar-refractivity contribution in [2.45, 2.75) is 13.2 Å². The van der Waals surface area contributed by atoms with E-state index in [4.69, 9.17) is 5.73 Å². The van der Waals surface area contributed by atoms with Gasteiger partial charge in [-0.05, 0) is 6.07 Å². The Kier molecular flexibility index (Phi) is 3.13. The number of hydrogen-bond acceptors (Lipinski definition) is 2. The van der Waals surface area contributed by atoms with Gasteiger partial charge in [0.15, 0.2) is 11.6 Å². The third kappa shape index (κ3) is 2.35. The van der Waals surface area contributed by atoms with Gasteiger partial charge < -0.3 is 10.5 Å². The maximum absolute atomic E-state index is 13.1. The smallest absolute Gasteiger partial charge is 0.387 e. The fraction of sp³-hybridized carbons (Fsp3) is 0.250. The predicted octanol–water partition coefficient (Wildman–Crippen LogP) is 1.89. The minimum absolute atomic E-state index is 0.0493. The molecular weight excluding hydrogens is 183 g/mol. The minimum Gasteiger partial charge on any atom is -0.432 e. The topological polar surface area (TPSA) is 35.2 Å². The Labute approximate surface area is 73.1 Å². The van der Waals surface area contributed by atoms with Crippen molar-refractivity contribution in [2.75, 3.05) is 0 Å². The molecule has 1 aromatic carbocycles. The molecule has 72 valence electrons. The van der Waals surface area contributed by atoms with Crippen LogP contribution in [0, 0.1) is 5.82 Å². The second-order valence-corrected chi connectivity index (χ2v) is 2.31. The molecule has 0 unspecified atom stereocenters. The molecule has 0 spiro atoms. The van der Waals surface area contributed by atoms with Gasteiger partial charge in [0, 0.05) is 12.1 Å². The molecular formula is C8H8F3NO. The van der Waals surface area contributed by atoms with Crippen molar-refractivity contribution >= 4 is 0 Å². The summed E-state index contributed by atoms with van der Waals surface area (Å²) in [5.74, 6) is -1.30. The summed E-state index contributed by atoms with van der Waals surface area (Å²) in [7, 11) is 0. The Morgan fingerprint density at radius 3 is 2.62 bits per heavy atom. The molecule has 0 radical (unpaired) electrons. The van der Waals surface area contributed by atoms with Crippen molar-refractivity contribution in [3.63, 3.8) is 0 Å². The molecule has 5 heteroatoms. The van der Waals surface area contributed by atoms with Crippen LogP contribution in [0.4, 0.5) is 13.2 Å². The first-order valence-electron chi connectivity index (χ1n) is 3.57. The van der Waals surface area contributed by atoms with Crippen LogP contribution in [0.2, 0.25) is 0 Å².